The second kappa shape index (κ2) is 6.68. The molecule has 0 unspecified atom stereocenters. The van der Waals surface area contributed by atoms with Gasteiger partial charge in [0.15, 0.2) is 0 Å². The molecule has 4 heteroatoms. The van der Waals surface area contributed by atoms with Crippen molar-refractivity contribution < 1.29 is 9.84 Å². The summed E-state index contributed by atoms with van der Waals surface area (Å²) in [5, 5.41) is 11.6. The number of aliphatic hydroxyl groups is 1. The highest BCUT2D eigenvalue weighted by atomic mass is 16.5. The number of aliphatic hydroxyl groups excluding tert-OH is 1. The van der Waals surface area contributed by atoms with Crippen LogP contribution in [0, 0.1) is 0 Å². The molecule has 0 atom stereocenters. The Balaban J connectivity index is 2.52. The molecule has 0 radical (unpaired) electrons. The van der Waals surface area contributed by atoms with Crippen LogP contribution in [0.4, 0.5) is 5.82 Å². The summed E-state index contributed by atoms with van der Waals surface area (Å²) >= 11 is 0. The lowest BCUT2D eigenvalue weighted by Crippen LogP contribution is -2.34. The number of aromatic nitrogens is 1. The largest absolute Gasteiger partial charge is 0.392 e. The molecule has 2 rings (SSSR count). The van der Waals surface area contributed by atoms with Crippen LogP contribution in [-0.2, 0) is 11.3 Å². The van der Waals surface area contributed by atoms with Gasteiger partial charge in [-0.15, -0.1) is 0 Å². The van der Waals surface area contributed by atoms with Crippen LogP contribution >= 0.6 is 0 Å². The number of anilines is 1. The summed E-state index contributed by atoms with van der Waals surface area (Å²) in [5.41, 5.74) is 0.861. The van der Waals surface area contributed by atoms with E-state index in [1.54, 1.807) is 13.3 Å². The van der Waals surface area contributed by atoms with Gasteiger partial charge in [0.05, 0.1) is 13.2 Å². The normalized spacial score (nSPS) is 11.2. The van der Waals surface area contributed by atoms with Gasteiger partial charge in [0, 0.05) is 36.8 Å². The Morgan fingerprint density at radius 3 is 2.55 bits per heavy atom. The standard InChI is InChI=1S/C16H22N2O2/c1-12(2)18(8-9-20-3)16-15-7-5-4-6-14(15)13(11-19)10-17-16/h4-7,10,12,19H,8-9,11H2,1-3H3. The van der Waals surface area contributed by atoms with Gasteiger partial charge in [-0.25, -0.2) is 4.98 Å². The van der Waals surface area contributed by atoms with Gasteiger partial charge in [-0.2, -0.15) is 0 Å². The zero-order chi connectivity index (χ0) is 14.5. The Hall–Kier alpha value is -1.65. The maximum absolute atomic E-state index is 9.44. The number of rotatable bonds is 6. The molecule has 0 aliphatic carbocycles. The molecule has 0 aliphatic rings. The second-order valence-corrected chi connectivity index (χ2v) is 5.09. The van der Waals surface area contributed by atoms with Crippen molar-refractivity contribution in [2.75, 3.05) is 25.2 Å². The maximum atomic E-state index is 9.44. The smallest absolute Gasteiger partial charge is 0.136 e. The minimum absolute atomic E-state index is 0.00748. The minimum Gasteiger partial charge on any atom is -0.392 e. The van der Waals surface area contributed by atoms with Gasteiger partial charge in [0.1, 0.15) is 5.82 Å². The summed E-state index contributed by atoms with van der Waals surface area (Å²) < 4.78 is 5.19. The van der Waals surface area contributed by atoms with Crippen molar-refractivity contribution in [1.29, 1.82) is 0 Å². The third-order valence-corrected chi connectivity index (χ3v) is 3.46. The molecular weight excluding hydrogens is 252 g/mol. The number of hydrogen-bond acceptors (Lipinski definition) is 4. The maximum Gasteiger partial charge on any atom is 0.136 e. The number of benzene rings is 1. The third kappa shape index (κ3) is 2.92. The van der Waals surface area contributed by atoms with Crippen LogP contribution < -0.4 is 4.90 Å². The average molecular weight is 274 g/mol. The van der Waals surface area contributed by atoms with Crippen molar-refractivity contribution in [2.24, 2.45) is 0 Å². The van der Waals surface area contributed by atoms with E-state index in [1.165, 1.54) is 0 Å². The minimum atomic E-state index is 0.00748. The van der Waals surface area contributed by atoms with Gasteiger partial charge < -0.3 is 14.7 Å². The van der Waals surface area contributed by atoms with Crippen LogP contribution in [0.15, 0.2) is 30.5 Å². The zero-order valence-electron chi connectivity index (χ0n) is 12.3. The van der Waals surface area contributed by atoms with Crippen LogP contribution in [0.3, 0.4) is 0 Å². The fraction of sp³-hybridized carbons (Fsp3) is 0.438. The topological polar surface area (TPSA) is 45.6 Å². The average Bonchev–Trinajstić information content (AvgIpc) is 2.47. The summed E-state index contributed by atoms with van der Waals surface area (Å²) in [6.07, 6.45) is 1.76. The number of methoxy groups -OCH3 is 1. The Labute approximate surface area is 120 Å². The fourth-order valence-electron chi connectivity index (χ4n) is 2.39. The van der Waals surface area contributed by atoms with Crippen LogP contribution in [0.5, 0.6) is 0 Å². The number of fused-ring (bicyclic) bond motifs is 1. The van der Waals surface area contributed by atoms with Gasteiger partial charge in [0.2, 0.25) is 0 Å². The molecule has 1 aromatic carbocycles. The second-order valence-electron chi connectivity index (χ2n) is 5.09. The highest BCUT2D eigenvalue weighted by molar-refractivity contribution is 5.94. The molecule has 0 spiro atoms. The van der Waals surface area contributed by atoms with Crippen molar-refractivity contribution in [1.82, 2.24) is 4.98 Å². The number of pyridine rings is 1. The van der Waals surface area contributed by atoms with E-state index in [0.717, 1.165) is 28.7 Å². The van der Waals surface area contributed by atoms with Crippen molar-refractivity contribution in [3.63, 3.8) is 0 Å². The summed E-state index contributed by atoms with van der Waals surface area (Å²) in [6.45, 7) is 5.76. The molecule has 0 bridgehead atoms. The summed E-state index contributed by atoms with van der Waals surface area (Å²) in [6, 6.07) is 8.41. The summed E-state index contributed by atoms with van der Waals surface area (Å²) in [4.78, 5) is 6.79. The van der Waals surface area contributed by atoms with E-state index in [4.69, 9.17) is 4.74 Å². The molecule has 1 aromatic heterocycles. The number of hydrogen-bond donors (Lipinski definition) is 1. The number of ether oxygens (including phenoxy) is 1. The molecule has 0 amide bonds. The highest BCUT2D eigenvalue weighted by Crippen LogP contribution is 2.28. The van der Waals surface area contributed by atoms with E-state index in [0.29, 0.717) is 12.6 Å². The van der Waals surface area contributed by atoms with Gasteiger partial charge in [-0.1, -0.05) is 24.3 Å². The molecule has 1 heterocycles. The lowest BCUT2D eigenvalue weighted by Gasteiger charge is -2.29. The zero-order valence-corrected chi connectivity index (χ0v) is 12.3. The van der Waals surface area contributed by atoms with Gasteiger partial charge >= 0.3 is 0 Å². The molecule has 2 aromatic rings. The van der Waals surface area contributed by atoms with Crippen molar-refractivity contribution in [3.8, 4) is 0 Å². The first-order valence-electron chi connectivity index (χ1n) is 6.92. The molecule has 0 saturated heterocycles. The lowest BCUT2D eigenvalue weighted by atomic mass is 10.1. The molecule has 0 fully saturated rings. The first kappa shape index (κ1) is 14.8. The SMILES string of the molecule is COCCN(c1ncc(CO)c2ccccc12)C(C)C. The number of nitrogens with zero attached hydrogens (tertiary/aromatic N) is 2. The first-order valence-corrected chi connectivity index (χ1v) is 6.92. The summed E-state index contributed by atoms with van der Waals surface area (Å²) in [5.74, 6) is 0.949. The first-order chi connectivity index (χ1) is 9.69. The molecule has 108 valence electrons. The van der Waals surface area contributed by atoms with Crippen molar-refractivity contribution in [3.05, 3.63) is 36.0 Å². The molecule has 0 saturated carbocycles. The van der Waals surface area contributed by atoms with Crippen molar-refractivity contribution >= 4 is 16.6 Å². The van der Waals surface area contributed by atoms with E-state index in [9.17, 15) is 5.11 Å². The summed E-state index contributed by atoms with van der Waals surface area (Å²) in [7, 11) is 1.71. The molecule has 0 aliphatic heterocycles. The Kier molecular flexibility index (Phi) is 4.93. The van der Waals surface area contributed by atoms with Gasteiger partial charge in [0.25, 0.3) is 0 Å². The van der Waals surface area contributed by atoms with E-state index in [2.05, 4.69) is 29.8 Å². The predicted molar refractivity (Wildman–Crippen MR) is 82.0 cm³/mol. The molecule has 20 heavy (non-hydrogen) atoms. The van der Waals surface area contributed by atoms with E-state index in [1.807, 2.05) is 18.2 Å². The van der Waals surface area contributed by atoms with Crippen LogP contribution in [-0.4, -0.2) is 36.4 Å². The van der Waals surface area contributed by atoms with Crippen LogP contribution in [0.2, 0.25) is 0 Å². The van der Waals surface area contributed by atoms with Crippen LogP contribution in [0.1, 0.15) is 19.4 Å². The van der Waals surface area contributed by atoms with Crippen LogP contribution in [0.25, 0.3) is 10.8 Å². The van der Waals surface area contributed by atoms with E-state index < -0.39 is 0 Å². The molecular formula is C16H22N2O2. The Bertz CT molecular complexity index is 569. The van der Waals surface area contributed by atoms with Gasteiger partial charge in [-0.3, -0.25) is 0 Å². The monoisotopic (exact) mass is 274 g/mol. The molecule has 1 N–H and O–H groups in total. The molecule has 4 nitrogen and oxygen atoms in total. The van der Waals surface area contributed by atoms with Gasteiger partial charge in [-0.05, 0) is 19.2 Å². The van der Waals surface area contributed by atoms with E-state index >= 15 is 0 Å². The highest BCUT2D eigenvalue weighted by Gasteiger charge is 2.16. The quantitative estimate of drug-likeness (QED) is 0.879. The van der Waals surface area contributed by atoms with E-state index in [-0.39, 0.29) is 6.61 Å². The predicted octanol–water partition coefficient (Wildman–Crippen LogP) is 2.59. The lowest BCUT2D eigenvalue weighted by molar-refractivity contribution is 0.203. The fourth-order valence-corrected chi connectivity index (χ4v) is 2.39. The third-order valence-electron chi connectivity index (χ3n) is 3.46. The Morgan fingerprint density at radius 1 is 1.25 bits per heavy atom. The Morgan fingerprint density at radius 2 is 1.95 bits per heavy atom. The van der Waals surface area contributed by atoms with Crippen molar-refractivity contribution in [2.45, 2.75) is 26.5 Å².